The lowest BCUT2D eigenvalue weighted by molar-refractivity contribution is -0.125. The first-order chi connectivity index (χ1) is 9.83. The van der Waals surface area contributed by atoms with Crippen molar-refractivity contribution in [2.24, 2.45) is 5.92 Å². The van der Waals surface area contributed by atoms with Gasteiger partial charge in [0.15, 0.2) is 0 Å². The van der Waals surface area contributed by atoms with Crippen molar-refractivity contribution in [3.8, 4) is 6.07 Å². The molecule has 0 bridgehead atoms. The number of likely N-dealkylation sites (N-methyl/N-ethyl adjacent to an activating group) is 1. The van der Waals surface area contributed by atoms with Crippen LogP contribution in [0.5, 0.6) is 0 Å². The Hall–Kier alpha value is -1.43. The van der Waals surface area contributed by atoms with E-state index in [0.717, 1.165) is 0 Å². The molecule has 1 amide bonds. The van der Waals surface area contributed by atoms with E-state index in [1.165, 1.54) is 27.9 Å². The number of amides is 1. The summed E-state index contributed by atoms with van der Waals surface area (Å²) in [5, 5.41) is 13.9. The Morgan fingerprint density at radius 1 is 1.52 bits per heavy atom. The monoisotopic (exact) mass is 326 g/mol. The van der Waals surface area contributed by atoms with Crippen LogP contribution in [0.1, 0.15) is 42.3 Å². The SMILES string of the molecule is CNC(C(C)C)C(c1nc(C(=O)C#N)cs1)N(S)C(C)=O. The van der Waals surface area contributed by atoms with Gasteiger partial charge < -0.3 is 5.32 Å². The van der Waals surface area contributed by atoms with E-state index < -0.39 is 11.8 Å². The van der Waals surface area contributed by atoms with Crippen LogP contribution in [0.4, 0.5) is 0 Å². The zero-order valence-corrected chi connectivity index (χ0v) is 14.0. The largest absolute Gasteiger partial charge is 0.314 e. The number of nitrogens with zero attached hydrogens (tertiary/aromatic N) is 3. The van der Waals surface area contributed by atoms with Crippen LogP contribution in [0.3, 0.4) is 0 Å². The summed E-state index contributed by atoms with van der Waals surface area (Å²) < 4.78 is 1.31. The summed E-state index contributed by atoms with van der Waals surface area (Å²) in [6.07, 6.45) is 0. The first kappa shape index (κ1) is 17.6. The van der Waals surface area contributed by atoms with E-state index in [1.807, 2.05) is 13.8 Å². The molecule has 1 aromatic rings. The fourth-order valence-corrected chi connectivity index (χ4v) is 3.31. The molecule has 2 unspecified atom stereocenters. The second kappa shape index (κ2) is 7.54. The molecule has 0 radical (unpaired) electrons. The van der Waals surface area contributed by atoms with Crippen LogP contribution >= 0.6 is 24.2 Å². The number of hydrogen-bond acceptors (Lipinski definition) is 7. The molecule has 0 saturated carbocycles. The highest BCUT2D eigenvalue weighted by Crippen LogP contribution is 2.32. The Bertz CT molecular complexity index is 565. The quantitative estimate of drug-likeness (QED) is 0.473. The Balaban J connectivity index is 3.24. The highest BCUT2D eigenvalue weighted by atomic mass is 32.1. The minimum absolute atomic E-state index is 0.0809. The molecule has 0 aliphatic heterocycles. The van der Waals surface area contributed by atoms with Gasteiger partial charge in [-0.2, -0.15) is 5.26 Å². The van der Waals surface area contributed by atoms with E-state index in [1.54, 1.807) is 13.1 Å². The van der Waals surface area contributed by atoms with Crippen LogP contribution in [-0.2, 0) is 4.79 Å². The third-order valence-electron chi connectivity index (χ3n) is 3.09. The average Bonchev–Trinajstić information content (AvgIpc) is 2.91. The molecule has 0 fully saturated rings. The Kier molecular flexibility index (Phi) is 6.33. The van der Waals surface area contributed by atoms with Gasteiger partial charge in [-0.25, -0.2) is 4.98 Å². The van der Waals surface area contributed by atoms with Crippen LogP contribution in [0, 0.1) is 17.2 Å². The molecule has 0 saturated heterocycles. The van der Waals surface area contributed by atoms with E-state index in [9.17, 15) is 9.59 Å². The van der Waals surface area contributed by atoms with Gasteiger partial charge in [0.1, 0.15) is 22.8 Å². The lowest BCUT2D eigenvalue weighted by Gasteiger charge is -2.33. The van der Waals surface area contributed by atoms with E-state index in [4.69, 9.17) is 5.26 Å². The second-order valence-electron chi connectivity index (χ2n) is 4.88. The Morgan fingerprint density at radius 2 is 2.14 bits per heavy atom. The van der Waals surface area contributed by atoms with E-state index in [2.05, 4.69) is 23.1 Å². The highest BCUT2D eigenvalue weighted by Gasteiger charge is 2.33. The molecule has 1 heterocycles. The molecule has 0 aliphatic rings. The minimum Gasteiger partial charge on any atom is -0.314 e. The zero-order valence-electron chi connectivity index (χ0n) is 12.3. The molecule has 0 spiro atoms. The smallest absolute Gasteiger partial charge is 0.281 e. The fourth-order valence-electron chi connectivity index (χ4n) is 2.05. The minimum atomic E-state index is -0.685. The molecule has 0 aliphatic carbocycles. The maximum atomic E-state index is 11.7. The summed E-state index contributed by atoms with van der Waals surface area (Å²) in [5.41, 5.74) is 0.103. The van der Waals surface area contributed by atoms with Gasteiger partial charge in [-0.3, -0.25) is 13.9 Å². The summed E-state index contributed by atoms with van der Waals surface area (Å²) in [5.74, 6) is -0.684. The summed E-state index contributed by atoms with van der Waals surface area (Å²) in [4.78, 5) is 27.3. The van der Waals surface area contributed by atoms with Gasteiger partial charge >= 0.3 is 0 Å². The standard InChI is InChI=1S/C13H18N4O2S2/c1-7(2)11(15-4)12(17(20)8(3)18)13-16-9(6-21-13)10(19)5-14/h6-7,11-12,15,20H,1-4H3. The number of nitriles is 1. The number of rotatable bonds is 6. The van der Waals surface area contributed by atoms with Gasteiger partial charge in [0.2, 0.25) is 5.91 Å². The van der Waals surface area contributed by atoms with Gasteiger partial charge in [-0.1, -0.05) is 26.7 Å². The number of nitrogens with one attached hydrogen (secondary N) is 1. The summed E-state index contributed by atoms with van der Waals surface area (Å²) in [6, 6.07) is 1.04. The number of aromatic nitrogens is 1. The van der Waals surface area contributed by atoms with E-state index >= 15 is 0 Å². The van der Waals surface area contributed by atoms with Crippen molar-refractivity contribution in [3.63, 3.8) is 0 Å². The first-order valence-electron chi connectivity index (χ1n) is 6.39. The van der Waals surface area contributed by atoms with Crippen LogP contribution in [0.15, 0.2) is 5.38 Å². The summed E-state index contributed by atoms with van der Waals surface area (Å²) in [7, 11) is 1.80. The Labute approximate surface area is 133 Å². The molecule has 21 heavy (non-hydrogen) atoms. The van der Waals surface area contributed by atoms with Gasteiger partial charge in [0.05, 0.1) is 0 Å². The second-order valence-corrected chi connectivity index (χ2v) is 6.20. The van der Waals surface area contributed by atoms with Crippen molar-refractivity contribution in [1.82, 2.24) is 14.6 Å². The fraction of sp³-hybridized carbons (Fsp3) is 0.538. The van der Waals surface area contributed by atoms with E-state index in [0.29, 0.717) is 5.01 Å². The number of carbonyl (C=O) groups excluding carboxylic acids is 2. The number of ketones is 1. The molecular formula is C13H18N4O2S2. The zero-order chi connectivity index (χ0) is 16.2. The lowest BCUT2D eigenvalue weighted by atomic mass is 9.96. The number of hydrogen-bond donors (Lipinski definition) is 2. The molecule has 1 rings (SSSR count). The predicted octanol–water partition coefficient (Wildman–Crippen LogP) is 1.83. The molecule has 1 aromatic heterocycles. The van der Waals surface area contributed by atoms with Crippen molar-refractivity contribution in [2.75, 3.05) is 7.05 Å². The maximum absolute atomic E-state index is 11.7. The Morgan fingerprint density at radius 3 is 2.57 bits per heavy atom. The van der Waals surface area contributed by atoms with Crippen LogP contribution < -0.4 is 5.32 Å². The lowest BCUT2D eigenvalue weighted by Crippen LogP contribution is -2.44. The summed E-state index contributed by atoms with van der Waals surface area (Å²) in [6.45, 7) is 5.46. The van der Waals surface area contributed by atoms with Crippen molar-refractivity contribution >= 4 is 35.8 Å². The number of thiol groups is 1. The average molecular weight is 326 g/mol. The molecule has 114 valence electrons. The van der Waals surface area contributed by atoms with Crippen molar-refractivity contribution in [3.05, 3.63) is 16.1 Å². The molecule has 2 atom stereocenters. The van der Waals surface area contributed by atoms with Crippen molar-refractivity contribution in [1.29, 1.82) is 5.26 Å². The highest BCUT2D eigenvalue weighted by molar-refractivity contribution is 7.78. The number of thiazole rings is 1. The molecule has 6 nitrogen and oxygen atoms in total. The number of carbonyl (C=O) groups is 2. The summed E-state index contributed by atoms with van der Waals surface area (Å²) >= 11 is 5.51. The van der Waals surface area contributed by atoms with Gasteiger partial charge in [-0.05, 0) is 13.0 Å². The first-order valence-corrected chi connectivity index (χ1v) is 7.67. The molecular weight excluding hydrogens is 308 g/mol. The third-order valence-corrected chi connectivity index (χ3v) is 4.53. The third kappa shape index (κ3) is 4.03. The van der Waals surface area contributed by atoms with Crippen LogP contribution in [0.25, 0.3) is 0 Å². The molecule has 0 aromatic carbocycles. The van der Waals surface area contributed by atoms with Gasteiger partial charge in [-0.15, -0.1) is 11.3 Å². The van der Waals surface area contributed by atoms with Crippen LogP contribution in [-0.4, -0.2) is 34.1 Å². The maximum Gasteiger partial charge on any atom is 0.281 e. The number of Topliss-reactive ketones (excluding diaryl/α,β-unsaturated/α-hetero) is 1. The van der Waals surface area contributed by atoms with Gasteiger partial charge in [0, 0.05) is 18.3 Å². The van der Waals surface area contributed by atoms with Crippen LogP contribution in [0.2, 0.25) is 0 Å². The predicted molar refractivity (Wildman–Crippen MR) is 84.0 cm³/mol. The van der Waals surface area contributed by atoms with Gasteiger partial charge in [0.25, 0.3) is 5.78 Å². The van der Waals surface area contributed by atoms with Crippen molar-refractivity contribution < 1.29 is 9.59 Å². The van der Waals surface area contributed by atoms with E-state index in [-0.39, 0.29) is 23.6 Å². The van der Waals surface area contributed by atoms with Crippen molar-refractivity contribution in [2.45, 2.75) is 32.9 Å². The molecule has 1 N–H and O–H groups in total. The topological polar surface area (TPSA) is 86.1 Å². The normalized spacial score (nSPS) is 13.6. The molecule has 8 heteroatoms.